The number of benzene rings is 1. The van der Waals surface area contributed by atoms with E-state index in [0.29, 0.717) is 4.47 Å². The maximum atomic E-state index is 13.7. The maximum absolute atomic E-state index is 13.7. The van der Waals surface area contributed by atoms with E-state index < -0.39 is 11.6 Å². The number of rotatable bonds is 4. The van der Waals surface area contributed by atoms with Gasteiger partial charge in [0.2, 0.25) is 0 Å². The summed E-state index contributed by atoms with van der Waals surface area (Å²) in [7, 11) is 0. The topological polar surface area (TPSA) is 12.0 Å². The molecule has 19 heavy (non-hydrogen) atoms. The summed E-state index contributed by atoms with van der Waals surface area (Å²) in [6.45, 7) is 2.21. The van der Waals surface area contributed by atoms with Gasteiger partial charge in [-0.2, -0.15) is 0 Å². The van der Waals surface area contributed by atoms with Crippen molar-refractivity contribution in [2.75, 3.05) is 5.32 Å². The Bertz CT molecular complexity index is 405. The van der Waals surface area contributed by atoms with Crippen LogP contribution < -0.4 is 5.32 Å². The molecule has 4 heteroatoms. The summed E-state index contributed by atoms with van der Waals surface area (Å²) in [6, 6.07) is 2.79. The SMILES string of the molecule is CCCC1CCC(Nc2c(F)cc(Br)cc2F)CC1. The first kappa shape index (κ1) is 14.8. The van der Waals surface area contributed by atoms with Gasteiger partial charge in [0, 0.05) is 10.5 Å². The standard InChI is InChI=1S/C15H20BrF2N/c1-2-3-10-4-6-12(7-5-10)19-15-13(17)8-11(16)9-14(15)18/h8-10,12,19H,2-7H2,1H3. The van der Waals surface area contributed by atoms with Crippen LogP contribution in [0.4, 0.5) is 14.5 Å². The molecule has 0 bridgehead atoms. The first-order valence-electron chi connectivity index (χ1n) is 7.01. The summed E-state index contributed by atoms with van der Waals surface area (Å²) in [5.41, 5.74) is 0.0159. The van der Waals surface area contributed by atoms with Crippen LogP contribution in [0.5, 0.6) is 0 Å². The van der Waals surface area contributed by atoms with Gasteiger partial charge in [-0.25, -0.2) is 8.78 Å². The zero-order valence-corrected chi connectivity index (χ0v) is 12.8. The molecule has 0 unspecified atom stereocenters. The molecule has 1 nitrogen and oxygen atoms in total. The second kappa shape index (κ2) is 6.69. The first-order valence-corrected chi connectivity index (χ1v) is 7.80. The first-order chi connectivity index (χ1) is 9.10. The van der Waals surface area contributed by atoms with Gasteiger partial charge in [-0.05, 0) is 43.7 Å². The van der Waals surface area contributed by atoms with E-state index in [1.165, 1.54) is 25.0 Å². The Hall–Kier alpha value is -0.640. The molecular weight excluding hydrogens is 312 g/mol. The molecule has 0 amide bonds. The van der Waals surface area contributed by atoms with Gasteiger partial charge in [0.1, 0.15) is 17.3 Å². The van der Waals surface area contributed by atoms with Crippen LogP contribution in [0.1, 0.15) is 45.4 Å². The average molecular weight is 332 g/mol. The lowest BCUT2D eigenvalue weighted by molar-refractivity contribution is 0.318. The van der Waals surface area contributed by atoms with Gasteiger partial charge in [-0.15, -0.1) is 0 Å². The second-order valence-electron chi connectivity index (χ2n) is 5.40. The fraction of sp³-hybridized carbons (Fsp3) is 0.600. The molecule has 1 saturated carbocycles. The van der Waals surface area contributed by atoms with Crippen LogP contribution in [-0.2, 0) is 0 Å². The molecule has 0 saturated heterocycles. The van der Waals surface area contributed by atoms with Crippen LogP contribution in [-0.4, -0.2) is 6.04 Å². The maximum Gasteiger partial charge on any atom is 0.150 e. The van der Waals surface area contributed by atoms with E-state index in [-0.39, 0.29) is 11.7 Å². The molecule has 1 fully saturated rings. The molecule has 0 atom stereocenters. The van der Waals surface area contributed by atoms with Gasteiger partial charge >= 0.3 is 0 Å². The fourth-order valence-electron chi connectivity index (χ4n) is 2.89. The van der Waals surface area contributed by atoms with E-state index in [0.717, 1.165) is 31.6 Å². The monoisotopic (exact) mass is 331 g/mol. The molecule has 0 radical (unpaired) electrons. The highest BCUT2D eigenvalue weighted by Gasteiger charge is 2.22. The van der Waals surface area contributed by atoms with Crippen molar-refractivity contribution >= 4 is 21.6 Å². The molecule has 1 aromatic rings. The Morgan fingerprint density at radius 2 is 1.74 bits per heavy atom. The smallest absolute Gasteiger partial charge is 0.150 e. The predicted octanol–water partition coefficient (Wildman–Crippen LogP) is 5.50. The minimum atomic E-state index is -0.525. The van der Waals surface area contributed by atoms with Crippen LogP contribution in [0.2, 0.25) is 0 Å². The van der Waals surface area contributed by atoms with E-state index >= 15 is 0 Å². The lowest BCUT2D eigenvalue weighted by Gasteiger charge is -2.29. The third-order valence-electron chi connectivity index (χ3n) is 3.90. The van der Waals surface area contributed by atoms with Crippen molar-refractivity contribution < 1.29 is 8.78 Å². The van der Waals surface area contributed by atoms with Crippen LogP contribution in [0, 0.1) is 17.6 Å². The molecule has 106 valence electrons. The van der Waals surface area contributed by atoms with Crippen molar-refractivity contribution in [3.05, 3.63) is 28.2 Å². The van der Waals surface area contributed by atoms with Crippen molar-refractivity contribution in [3.8, 4) is 0 Å². The zero-order valence-electron chi connectivity index (χ0n) is 11.2. The predicted molar refractivity (Wildman–Crippen MR) is 78.3 cm³/mol. The molecule has 0 heterocycles. The van der Waals surface area contributed by atoms with Crippen molar-refractivity contribution in [2.24, 2.45) is 5.92 Å². The van der Waals surface area contributed by atoms with Crippen LogP contribution in [0.25, 0.3) is 0 Å². The largest absolute Gasteiger partial charge is 0.378 e. The molecule has 1 aliphatic carbocycles. The van der Waals surface area contributed by atoms with Crippen molar-refractivity contribution in [2.45, 2.75) is 51.5 Å². The molecule has 0 spiro atoms. The number of nitrogens with one attached hydrogen (secondary N) is 1. The quantitative estimate of drug-likeness (QED) is 0.768. The van der Waals surface area contributed by atoms with E-state index in [4.69, 9.17) is 0 Å². The second-order valence-corrected chi connectivity index (χ2v) is 6.31. The van der Waals surface area contributed by atoms with Gasteiger partial charge in [-0.3, -0.25) is 0 Å². The van der Waals surface area contributed by atoms with E-state index in [1.807, 2.05) is 0 Å². The average Bonchev–Trinajstić information content (AvgIpc) is 2.36. The molecule has 0 aromatic heterocycles. The fourth-order valence-corrected chi connectivity index (χ4v) is 3.29. The Labute approximate surface area is 121 Å². The summed E-state index contributed by atoms with van der Waals surface area (Å²) in [5, 5.41) is 3.04. The summed E-state index contributed by atoms with van der Waals surface area (Å²) in [6.07, 6.45) is 6.81. The van der Waals surface area contributed by atoms with Crippen LogP contribution in [0.15, 0.2) is 16.6 Å². The number of anilines is 1. The van der Waals surface area contributed by atoms with Gasteiger partial charge in [0.05, 0.1) is 0 Å². The minimum absolute atomic E-state index is 0.0159. The summed E-state index contributed by atoms with van der Waals surface area (Å²) in [5.74, 6) is -0.257. The van der Waals surface area contributed by atoms with E-state index in [9.17, 15) is 8.78 Å². The number of hydrogen-bond donors (Lipinski definition) is 1. The van der Waals surface area contributed by atoms with Crippen molar-refractivity contribution in [1.29, 1.82) is 0 Å². The summed E-state index contributed by atoms with van der Waals surface area (Å²) in [4.78, 5) is 0. The lowest BCUT2D eigenvalue weighted by atomic mass is 9.83. The Balaban J connectivity index is 1.96. The van der Waals surface area contributed by atoms with Crippen molar-refractivity contribution in [1.82, 2.24) is 0 Å². The van der Waals surface area contributed by atoms with Crippen LogP contribution >= 0.6 is 15.9 Å². The molecule has 2 rings (SSSR count). The number of halogens is 3. The highest BCUT2D eigenvalue weighted by atomic mass is 79.9. The molecular formula is C15H20BrF2N. The third-order valence-corrected chi connectivity index (χ3v) is 4.36. The Kier molecular flexibility index (Phi) is 5.20. The van der Waals surface area contributed by atoms with Gasteiger partial charge < -0.3 is 5.32 Å². The van der Waals surface area contributed by atoms with Gasteiger partial charge in [-0.1, -0.05) is 35.7 Å². The van der Waals surface area contributed by atoms with E-state index in [1.54, 1.807) is 0 Å². The number of hydrogen-bond acceptors (Lipinski definition) is 1. The molecule has 1 aliphatic rings. The lowest BCUT2D eigenvalue weighted by Crippen LogP contribution is -2.27. The zero-order chi connectivity index (χ0) is 13.8. The van der Waals surface area contributed by atoms with E-state index in [2.05, 4.69) is 28.2 Å². The van der Waals surface area contributed by atoms with Crippen molar-refractivity contribution in [3.63, 3.8) is 0 Å². The summed E-state index contributed by atoms with van der Waals surface area (Å²) < 4.78 is 27.9. The van der Waals surface area contributed by atoms with Gasteiger partial charge in [0.25, 0.3) is 0 Å². The van der Waals surface area contributed by atoms with Gasteiger partial charge in [0.15, 0.2) is 0 Å². The Morgan fingerprint density at radius 3 is 2.26 bits per heavy atom. The molecule has 0 aliphatic heterocycles. The van der Waals surface area contributed by atoms with Crippen LogP contribution in [0.3, 0.4) is 0 Å². The summed E-state index contributed by atoms with van der Waals surface area (Å²) >= 11 is 3.09. The minimum Gasteiger partial charge on any atom is -0.378 e. The Morgan fingerprint density at radius 1 is 1.16 bits per heavy atom. The normalized spacial score (nSPS) is 23.4. The molecule has 1 N–H and O–H groups in total. The molecule has 1 aromatic carbocycles. The highest BCUT2D eigenvalue weighted by Crippen LogP contribution is 2.31. The third kappa shape index (κ3) is 3.91. The highest BCUT2D eigenvalue weighted by molar-refractivity contribution is 9.10.